The minimum Gasteiger partial charge on any atom is -0.468 e. The van der Waals surface area contributed by atoms with E-state index in [0.29, 0.717) is 6.54 Å². The molecule has 1 aliphatic rings. The van der Waals surface area contributed by atoms with Gasteiger partial charge in [0.15, 0.2) is 0 Å². The Labute approximate surface area is 153 Å². The van der Waals surface area contributed by atoms with Crippen LogP contribution in [-0.4, -0.2) is 44.5 Å². The number of furan rings is 1. The third-order valence-electron chi connectivity index (χ3n) is 4.08. The van der Waals surface area contributed by atoms with Gasteiger partial charge in [0, 0.05) is 36.5 Å². The highest BCUT2D eigenvalue weighted by Gasteiger charge is 2.25. The lowest BCUT2D eigenvalue weighted by molar-refractivity contribution is 0.193. The second-order valence-corrected chi connectivity index (χ2v) is 8.66. The molecular weight excluding hydrogens is 356 g/mol. The van der Waals surface area contributed by atoms with E-state index in [4.69, 9.17) is 4.42 Å². The van der Waals surface area contributed by atoms with Gasteiger partial charge in [0.05, 0.1) is 12.3 Å². The van der Waals surface area contributed by atoms with Gasteiger partial charge in [-0.25, -0.2) is 13.1 Å². The summed E-state index contributed by atoms with van der Waals surface area (Å²) in [6.45, 7) is 2.15. The average molecular weight is 379 g/mol. The van der Waals surface area contributed by atoms with Crippen molar-refractivity contribution in [2.75, 3.05) is 31.1 Å². The summed E-state index contributed by atoms with van der Waals surface area (Å²) in [5.74, 6) is 2.90. The zero-order chi connectivity index (χ0) is 17.5. The maximum Gasteiger partial charge on any atom is 0.233 e. The van der Waals surface area contributed by atoms with Crippen LogP contribution in [-0.2, 0) is 10.0 Å². The van der Waals surface area contributed by atoms with Crippen LogP contribution in [0.25, 0.3) is 6.08 Å². The number of thioether (sulfide) groups is 1. The van der Waals surface area contributed by atoms with Gasteiger partial charge in [-0.2, -0.15) is 11.8 Å². The topological polar surface area (TPSA) is 62.6 Å². The fourth-order valence-electron chi connectivity index (χ4n) is 2.76. The Morgan fingerprint density at radius 1 is 1.16 bits per heavy atom. The number of nitrogens with one attached hydrogen (secondary N) is 1. The van der Waals surface area contributed by atoms with Gasteiger partial charge >= 0.3 is 0 Å². The summed E-state index contributed by atoms with van der Waals surface area (Å²) in [6, 6.07) is 13.0. The van der Waals surface area contributed by atoms with Crippen LogP contribution in [0.1, 0.15) is 17.4 Å². The SMILES string of the molecule is O=S(=O)(/C=C/c1ccccc1)NC[C@@H](c1ccco1)N1CCSCC1. The molecule has 2 heterocycles. The first-order valence-electron chi connectivity index (χ1n) is 8.22. The van der Waals surface area contributed by atoms with E-state index >= 15 is 0 Å². The third kappa shape index (κ3) is 5.47. The molecule has 1 saturated heterocycles. The maximum atomic E-state index is 12.3. The van der Waals surface area contributed by atoms with Crippen molar-refractivity contribution in [1.29, 1.82) is 0 Å². The molecule has 0 spiro atoms. The molecule has 3 rings (SSSR count). The Hall–Kier alpha value is -1.54. The zero-order valence-corrected chi connectivity index (χ0v) is 15.5. The molecule has 1 aliphatic heterocycles. The predicted octanol–water partition coefficient (Wildman–Crippen LogP) is 2.96. The summed E-state index contributed by atoms with van der Waals surface area (Å²) in [6.07, 6.45) is 3.23. The Bertz CT molecular complexity index is 768. The van der Waals surface area contributed by atoms with E-state index in [2.05, 4.69) is 9.62 Å². The first kappa shape index (κ1) is 18.3. The maximum absolute atomic E-state index is 12.3. The van der Waals surface area contributed by atoms with Crippen molar-refractivity contribution in [3.8, 4) is 0 Å². The van der Waals surface area contributed by atoms with E-state index in [1.165, 1.54) is 5.41 Å². The molecule has 7 heteroatoms. The standard InChI is InChI=1S/C18H22N2O3S2/c21-25(22,14-8-16-5-2-1-3-6-16)19-15-17(18-7-4-11-23-18)20-9-12-24-13-10-20/h1-8,11,14,17,19H,9-10,12-13,15H2/b14-8+/t17-/m0/s1. The first-order valence-corrected chi connectivity index (χ1v) is 10.9. The first-order chi connectivity index (χ1) is 12.1. The molecule has 2 aromatic rings. The van der Waals surface area contributed by atoms with Gasteiger partial charge in [0.1, 0.15) is 5.76 Å². The van der Waals surface area contributed by atoms with Crippen molar-refractivity contribution in [2.24, 2.45) is 0 Å². The second-order valence-electron chi connectivity index (χ2n) is 5.79. The molecule has 1 N–H and O–H groups in total. The lowest BCUT2D eigenvalue weighted by atomic mass is 10.2. The molecule has 0 aliphatic carbocycles. The van der Waals surface area contributed by atoms with E-state index in [0.717, 1.165) is 35.9 Å². The summed E-state index contributed by atoms with van der Waals surface area (Å²) >= 11 is 1.92. The number of benzene rings is 1. The quantitative estimate of drug-likeness (QED) is 0.803. The van der Waals surface area contributed by atoms with Crippen molar-refractivity contribution in [3.63, 3.8) is 0 Å². The van der Waals surface area contributed by atoms with Gasteiger partial charge in [0.2, 0.25) is 10.0 Å². The number of hydrogen-bond acceptors (Lipinski definition) is 5. The van der Waals surface area contributed by atoms with Crippen molar-refractivity contribution in [1.82, 2.24) is 9.62 Å². The molecule has 134 valence electrons. The summed E-state index contributed by atoms with van der Waals surface area (Å²) in [5.41, 5.74) is 0.850. The van der Waals surface area contributed by atoms with Crippen molar-refractivity contribution in [3.05, 3.63) is 65.5 Å². The average Bonchev–Trinajstić information content (AvgIpc) is 3.16. The van der Waals surface area contributed by atoms with Crippen molar-refractivity contribution >= 4 is 27.9 Å². The zero-order valence-electron chi connectivity index (χ0n) is 13.9. The van der Waals surface area contributed by atoms with Crippen molar-refractivity contribution in [2.45, 2.75) is 6.04 Å². The molecule has 0 unspecified atom stereocenters. The Morgan fingerprint density at radius 3 is 2.60 bits per heavy atom. The van der Waals surface area contributed by atoms with E-state index in [1.807, 2.05) is 54.2 Å². The number of rotatable bonds is 7. The van der Waals surface area contributed by atoms with Gasteiger partial charge in [0.25, 0.3) is 0 Å². The van der Waals surface area contributed by atoms with E-state index < -0.39 is 10.0 Å². The lowest BCUT2D eigenvalue weighted by Gasteiger charge is -2.33. The molecule has 25 heavy (non-hydrogen) atoms. The smallest absolute Gasteiger partial charge is 0.233 e. The monoisotopic (exact) mass is 378 g/mol. The van der Waals surface area contributed by atoms with E-state index in [1.54, 1.807) is 12.3 Å². The van der Waals surface area contributed by atoms with Crippen LogP contribution in [0.4, 0.5) is 0 Å². The predicted molar refractivity (Wildman–Crippen MR) is 103 cm³/mol. The highest BCUT2D eigenvalue weighted by atomic mass is 32.2. The van der Waals surface area contributed by atoms with Crippen LogP contribution in [0, 0.1) is 0 Å². The van der Waals surface area contributed by atoms with Gasteiger partial charge in [-0.15, -0.1) is 0 Å². The summed E-state index contributed by atoms with van der Waals surface area (Å²) in [5, 5.41) is 1.22. The molecule has 0 saturated carbocycles. The van der Waals surface area contributed by atoms with Crippen LogP contribution in [0.15, 0.2) is 58.6 Å². The molecule has 0 radical (unpaired) electrons. The van der Waals surface area contributed by atoms with Gasteiger partial charge in [-0.05, 0) is 23.8 Å². The molecule has 1 aromatic heterocycles. The molecule has 1 aromatic carbocycles. The number of nitrogens with zero attached hydrogens (tertiary/aromatic N) is 1. The number of hydrogen-bond donors (Lipinski definition) is 1. The summed E-state index contributed by atoms with van der Waals surface area (Å²) in [4.78, 5) is 2.28. The molecule has 0 bridgehead atoms. The van der Waals surface area contributed by atoms with Crippen LogP contribution in [0.2, 0.25) is 0 Å². The van der Waals surface area contributed by atoms with Crippen LogP contribution < -0.4 is 4.72 Å². The molecule has 1 atom stereocenters. The normalized spacial score (nSPS) is 17.8. The second kappa shape index (κ2) is 8.71. The Morgan fingerprint density at radius 2 is 1.92 bits per heavy atom. The Balaban J connectivity index is 1.66. The number of sulfonamides is 1. The fraction of sp³-hybridized carbons (Fsp3) is 0.333. The van der Waals surface area contributed by atoms with Gasteiger partial charge in [-0.3, -0.25) is 4.90 Å². The Kier molecular flexibility index (Phi) is 6.36. The van der Waals surface area contributed by atoms with Gasteiger partial charge < -0.3 is 4.42 Å². The lowest BCUT2D eigenvalue weighted by Crippen LogP contribution is -2.41. The van der Waals surface area contributed by atoms with E-state index in [9.17, 15) is 8.42 Å². The van der Waals surface area contributed by atoms with Gasteiger partial charge in [-0.1, -0.05) is 30.3 Å². The molecular formula is C18H22N2O3S2. The van der Waals surface area contributed by atoms with Crippen molar-refractivity contribution < 1.29 is 12.8 Å². The van der Waals surface area contributed by atoms with Crippen LogP contribution in [0.3, 0.4) is 0 Å². The minimum absolute atomic E-state index is 0.0872. The molecule has 5 nitrogen and oxygen atoms in total. The fourth-order valence-corrected chi connectivity index (χ4v) is 4.51. The van der Waals surface area contributed by atoms with Crippen LogP contribution >= 0.6 is 11.8 Å². The highest BCUT2D eigenvalue weighted by molar-refractivity contribution is 7.99. The third-order valence-corrected chi connectivity index (χ3v) is 6.08. The largest absolute Gasteiger partial charge is 0.468 e. The minimum atomic E-state index is -3.51. The summed E-state index contributed by atoms with van der Waals surface area (Å²) < 4.78 is 32.9. The molecule has 0 amide bonds. The highest BCUT2D eigenvalue weighted by Crippen LogP contribution is 2.24. The van der Waals surface area contributed by atoms with Crippen LogP contribution in [0.5, 0.6) is 0 Å². The molecule has 1 fully saturated rings. The summed E-state index contributed by atoms with van der Waals surface area (Å²) in [7, 11) is -3.51. The van der Waals surface area contributed by atoms with E-state index in [-0.39, 0.29) is 6.04 Å².